The van der Waals surface area contributed by atoms with E-state index in [0.29, 0.717) is 0 Å². The smallest absolute Gasteiger partial charge is 0.319 e. The highest BCUT2D eigenvalue weighted by molar-refractivity contribution is 9.10. The zero-order chi connectivity index (χ0) is 16.8. The average molecular weight is 371 g/mol. The highest BCUT2D eigenvalue weighted by atomic mass is 79.9. The first kappa shape index (κ1) is 19.0. The molecule has 0 aliphatic heterocycles. The summed E-state index contributed by atoms with van der Waals surface area (Å²) in [6, 6.07) is 8.16. The van der Waals surface area contributed by atoms with E-state index in [4.69, 9.17) is 9.47 Å². The van der Waals surface area contributed by atoms with E-state index in [1.54, 1.807) is 0 Å². The predicted molar refractivity (Wildman–Crippen MR) is 93.7 cm³/mol. The van der Waals surface area contributed by atoms with Crippen LogP contribution in [0.3, 0.4) is 0 Å². The molecule has 0 N–H and O–H groups in total. The number of alkyl halides is 1. The number of hydrogen-bond donors (Lipinski definition) is 0. The van der Waals surface area contributed by atoms with E-state index in [1.165, 1.54) is 5.56 Å². The maximum atomic E-state index is 11.7. The lowest BCUT2D eigenvalue weighted by Crippen LogP contribution is -2.22. The fraction of sp³-hybridized carbons (Fsp3) is 0.611. The molecule has 3 nitrogen and oxygen atoms in total. The van der Waals surface area contributed by atoms with Gasteiger partial charge in [0.2, 0.25) is 0 Å². The van der Waals surface area contributed by atoms with E-state index < -0.39 is 0 Å². The third kappa shape index (κ3) is 7.83. The summed E-state index contributed by atoms with van der Waals surface area (Å²) >= 11 is 3.40. The lowest BCUT2D eigenvalue weighted by Gasteiger charge is -2.21. The van der Waals surface area contributed by atoms with Crippen molar-refractivity contribution in [2.24, 2.45) is 0 Å². The Morgan fingerprint density at radius 2 is 1.77 bits per heavy atom. The summed E-state index contributed by atoms with van der Waals surface area (Å²) < 4.78 is 11.0. The number of carbonyl (C=O) groups excluding carboxylic acids is 1. The molecular formula is C18H27BrO3. The van der Waals surface area contributed by atoms with Crippen LogP contribution in [0.2, 0.25) is 0 Å². The Hall–Kier alpha value is -1.03. The number of carbonyl (C=O) groups is 1. The van der Waals surface area contributed by atoms with Gasteiger partial charge in [0.15, 0.2) is 0 Å². The van der Waals surface area contributed by atoms with E-state index in [2.05, 4.69) is 28.1 Å². The first-order valence-corrected chi connectivity index (χ1v) is 8.71. The SMILES string of the molecule is CC(C)OC(=O)C(Br)CCCc1ccc(OC(C)(C)C)cc1. The Labute approximate surface area is 142 Å². The third-order valence-corrected chi connectivity index (χ3v) is 3.71. The van der Waals surface area contributed by atoms with Crippen molar-refractivity contribution in [3.63, 3.8) is 0 Å². The molecule has 1 aromatic carbocycles. The summed E-state index contributed by atoms with van der Waals surface area (Å²) in [6.45, 7) is 9.82. The topological polar surface area (TPSA) is 35.5 Å². The summed E-state index contributed by atoms with van der Waals surface area (Å²) in [6.07, 6.45) is 2.57. The molecule has 1 atom stereocenters. The molecule has 0 saturated carbocycles. The van der Waals surface area contributed by atoms with Gasteiger partial charge in [-0.3, -0.25) is 4.79 Å². The summed E-state index contributed by atoms with van der Waals surface area (Å²) in [5.41, 5.74) is 1.07. The molecule has 0 amide bonds. The van der Waals surface area contributed by atoms with E-state index >= 15 is 0 Å². The van der Waals surface area contributed by atoms with Gasteiger partial charge in [0.25, 0.3) is 0 Å². The van der Waals surface area contributed by atoms with Crippen LogP contribution in [0.5, 0.6) is 5.75 Å². The van der Waals surface area contributed by atoms with Gasteiger partial charge < -0.3 is 9.47 Å². The number of aryl methyl sites for hydroxylation is 1. The monoisotopic (exact) mass is 370 g/mol. The highest BCUT2D eigenvalue weighted by Crippen LogP contribution is 2.20. The van der Waals surface area contributed by atoms with Gasteiger partial charge in [0, 0.05) is 0 Å². The summed E-state index contributed by atoms with van der Waals surface area (Å²) in [5, 5.41) is 0. The van der Waals surface area contributed by atoms with Crippen molar-refractivity contribution in [2.75, 3.05) is 0 Å². The van der Waals surface area contributed by atoms with Gasteiger partial charge in [-0.25, -0.2) is 0 Å². The maximum Gasteiger partial charge on any atom is 0.319 e. The molecule has 1 unspecified atom stereocenters. The number of rotatable bonds is 7. The molecule has 0 bridgehead atoms. The van der Waals surface area contributed by atoms with E-state index in [1.807, 2.05) is 46.8 Å². The van der Waals surface area contributed by atoms with Gasteiger partial charge in [-0.15, -0.1) is 0 Å². The lowest BCUT2D eigenvalue weighted by atomic mass is 10.1. The van der Waals surface area contributed by atoms with Crippen LogP contribution in [0.15, 0.2) is 24.3 Å². The normalized spacial score (nSPS) is 13.0. The fourth-order valence-electron chi connectivity index (χ4n) is 1.99. The molecule has 0 radical (unpaired) electrons. The minimum absolute atomic E-state index is 0.0667. The largest absolute Gasteiger partial charge is 0.488 e. The minimum atomic E-state index is -0.224. The minimum Gasteiger partial charge on any atom is -0.488 e. The number of benzene rings is 1. The Morgan fingerprint density at radius 1 is 1.18 bits per heavy atom. The Morgan fingerprint density at radius 3 is 2.27 bits per heavy atom. The predicted octanol–water partition coefficient (Wildman–Crippen LogP) is 4.90. The van der Waals surface area contributed by atoms with Crippen LogP contribution >= 0.6 is 15.9 Å². The van der Waals surface area contributed by atoms with Crippen LogP contribution in [-0.4, -0.2) is 22.5 Å². The fourth-order valence-corrected chi connectivity index (χ4v) is 2.42. The van der Waals surface area contributed by atoms with E-state index in [0.717, 1.165) is 25.0 Å². The van der Waals surface area contributed by atoms with Crippen LogP contribution < -0.4 is 4.74 Å². The first-order chi connectivity index (χ1) is 10.2. The van der Waals surface area contributed by atoms with Gasteiger partial charge in [-0.2, -0.15) is 0 Å². The van der Waals surface area contributed by atoms with Gasteiger partial charge >= 0.3 is 5.97 Å². The van der Waals surface area contributed by atoms with E-state index in [9.17, 15) is 4.79 Å². The quantitative estimate of drug-likeness (QED) is 0.505. The highest BCUT2D eigenvalue weighted by Gasteiger charge is 2.17. The van der Waals surface area contributed by atoms with Gasteiger partial charge in [-0.1, -0.05) is 28.1 Å². The summed E-state index contributed by atoms with van der Waals surface area (Å²) in [4.78, 5) is 11.5. The molecule has 1 rings (SSSR count). The molecule has 124 valence electrons. The second-order valence-electron chi connectivity index (χ2n) is 6.70. The van der Waals surface area contributed by atoms with Gasteiger partial charge in [-0.05, 0) is 71.6 Å². The standard InChI is InChI=1S/C18H27BrO3/c1-13(2)21-17(20)16(19)8-6-7-14-9-11-15(12-10-14)22-18(3,4)5/h9-13,16H,6-8H2,1-5H3. The Balaban J connectivity index is 2.38. The molecule has 0 saturated heterocycles. The zero-order valence-electron chi connectivity index (χ0n) is 14.2. The molecule has 0 fully saturated rings. The zero-order valence-corrected chi connectivity index (χ0v) is 15.8. The molecule has 0 aromatic heterocycles. The molecule has 0 spiro atoms. The summed E-state index contributed by atoms with van der Waals surface area (Å²) in [5.74, 6) is 0.707. The van der Waals surface area contributed by atoms with Gasteiger partial charge in [0.05, 0.1) is 6.10 Å². The Kier molecular flexibility index (Phi) is 7.40. The molecular weight excluding hydrogens is 344 g/mol. The van der Waals surface area contributed by atoms with Crippen molar-refractivity contribution in [1.82, 2.24) is 0 Å². The van der Waals surface area contributed by atoms with Crippen molar-refractivity contribution in [3.8, 4) is 5.75 Å². The van der Waals surface area contributed by atoms with Crippen LogP contribution in [0.4, 0.5) is 0 Å². The molecule has 0 aliphatic rings. The number of halogens is 1. The Bertz CT molecular complexity index is 460. The van der Waals surface area contributed by atoms with Crippen molar-refractivity contribution in [1.29, 1.82) is 0 Å². The van der Waals surface area contributed by atoms with Crippen molar-refractivity contribution in [2.45, 2.75) is 70.4 Å². The maximum absolute atomic E-state index is 11.7. The number of hydrogen-bond acceptors (Lipinski definition) is 3. The third-order valence-electron chi connectivity index (χ3n) is 2.88. The molecule has 0 heterocycles. The van der Waals surface area contributed by atoms with Crippen molar-refractivity contribution >= 4 is 21.9 Å². The van der Waals surface area contributed by atoms with Gasteiger partial charge in [0.1, 0.15) is 16.2 Å². The van der Waals surface area contributed by atoms with Crippen LogP contribution in [0, 0.1) is 0 Å². The molecule has 0 aliphatic carbocycles. The van der Waals surface area contributed by atoms with Crippen molar-refractivity contribution < 1.29 is 14.3 Å². The molecule has 4 heteroatoms. The number of esters is 1. The van der Waals surface area contributed by atoms with Crippen LogP contribution in [-0.2, 0) is 16.0 Å². The van der Waals surface area contributed by atoms with Crippen LogP contribution in [0.25, 0.3) is 0 Å². The lowest BCUT2D eigenvalue weighted by molar-refractivity contribution is -0.146. The van der Waals surface area contributed by atoms with Crippen molar-refractivity contribution in [3.05, 3.63) is 29.8 Å². The molecule has 1 aromatic rings. The first-order valence-electron chi connectivity index (χ1n) is 7.80. The molecule has 22 heavy (non-hydrogen) atoms. The second-order valence-corrected chi connectivity index (χ2v) is 7.81. The van der Waals surface area contributed by atoms with Crippen LogP contribution in [0.1, 0.15) is 53.0 Å². The summed E-state index contributed by atoms with van der Waals surface area (Å²) in [7, 11) is 0. The average Bonchev–Trinajstić information content (AvgIpc) is 2.38. The number of ether oxygens (including phenoxy) is 2. The van der Waals surface area contributed by atoms with E-state index in [-0.39, 0.29) is 22.5 Å². The second kappa shape index (κ2) is 8.56.